The number of halogens is 1. The lowest BCUT2D eigenvalue weighted by Crippen LogP contribution is -2.36. The van der Waals surface area contributed by atoms with Crippen molar-refractivity contribution in [2.24, 2.45) is 0 Å². The first-order valence-electron chi connectivity index (χ1n) is 8.46. The summed E-state index contributed by atoms with van der Waals surface area (Å²) < 4.78 is 13.0. The number of anilines is 1. The van der Waals surface area contributed by atoms with Crippen molar-refractivity contribution in [1.82, 2.24) is 4.90 Å². The van der Waals surface area contributed by atoms with Gasteiger partial charge in [0.15, 0.2) is 0 Å². The number of nitrogens with one attached hydrogen (secondary N) is 1. The fourth-order valence-corrected chi connectivity index (χ4v) is 3.27. The molecule has 2 aromatic carbocycles. The quantitative estimate of drug-likeness (QED) is 0.924. The molecule has 0 bridgehead atoms. The van der Waals surface area contributed by atoms with E-state index in [1.165, 1.54) is 19.1 Å². The van der Waals surface area contributed by atoms with Crippen molar-refractivity contribution < 1.29 is 14.0 Å². The monoisotopic (exact) mass is 340 g/mol. The predicted octanol–water partition coefficient (Wildman–Crippen LogP) is 3.63. The van der Waals surface area contributed by atoms with E-state index in [-0.39, 0.29) is 23.7 Å². The minimum Gasteiger partial charge on any atom is -0.335 e. The Labute approximate surface area is 146 Å². The molecular weight excluding hydrogens is 319 g/mol. The zero-order chi connectivity index (χ0) is 17.8. The molecule has 1 atom stereocenters. The zero-order valence-electron chi connectivity index (χ0n) is 14.2. The highest BCUT2D eigenvalue weighted by molar-refractivity contribution is 5.95. The number of benzene rings is 2. The number of hydrogen-bond acceptors (Lipinski definition) is 2. The lowest BCUT2D eigenvalue weighted by atomic mass is 10.0. The lowest BCUT2D eigenvalue weighted by Gasteiger charge is -2.25. The molecule has 0 aromatic heterocycles. The summed E-state index contributed by atoms with van der Waals surface area (Å²) in [5.41, 5.74) is 2.32. The second-order valence-corrected chi connectivity index (χ2v) is 6.38. The van der Waals surface area contributed by atoms with Gasteiger partial charge in [0.2, 0.25) is 5.91 Å². The van der Waals surface area contributed by atoms with E-state index in [1.54, 1.807) is 36.4 Å². The van der Waals surface area contributed by atoms with Gasteiger partial charge in [0.1, 0.15) is 5.82 Å². The van der Waals surface area contributed by atoms with Crippen LogP contribution in [-0.4, -0.2) is 29.3 Å². The zero-order valence-corrected chi connectivity index (χ0v) is 14.2. The first kappa shape index (κ1) is 17.1. The van der Waals surface area contributed by atoms with Gasteiger partial charge in [-0.1, -0.05) is 12.1 Å². The van der Waals surface area contributed by atoms with Crippen molar-refractivity contribution >= 4 is 17.5 Å². The maximum absolute atomic E-state index is 13.0. The topological polar surface area (TPSA) is 49.4 Å². The third-order valence-electron chi connectivity index (χ3n) is 4.47. The van der Waals surface area contributed by atoms with Gasteiger partial charge in [-0.05, 0) is 61.2 Å². The molecule has 0 radical (unpaired) electrons. The van der Waals surface area contributed by atoms with Crippen LogP contribution >= 0.6 is 0 Å². The number of likely N-dealkylation sites (tertiary alicyclic amines) is 1. The van der Waals surface area contributed by atoms with Crippen LogP contribution in [0.25, 0.3) is 0 Å². The largest absolute Gasteiger partial charge is 0.335 e. The van der Waals surface area contributed by atoms with Gasteiger partial charge in [-0.25, -0.2) is 4.39 Å². The van der Waals surface area contributed by atoms with Gasteiger partial charge < -0.3 is 10.2 Å². The van der Waals surface area contributed by atoms with Gasteiger partial charge in [0, 0.05) is 30.8 Å². The molecule has 0 spiro atoms. The highest BCUT2D eigenvalue weighted by atomic mass is 19.1. The summed E-state index contributed by atoms with van der Waals surface area (Å²) >= 11 is 0. The summed E-state index contributed by atoms with van der Waals surface area (Å²) in [6.45, 7) is 2.18. The fraction of sp³-hybridized carbons (Fsp3) is 0.300. The summed E-state index contributed by atoms with van der Waals surface area (Å²) in [5, 5.41) is 2.69. The molecule has 1 aliphatic heterocycles. The number of carbonyl (C=O) groups is 2. The van der Waals surface area contributed by atoms with Crippen LogP contribution in [0.1, 0.15) is 35.7 Å². The molecule has 0 aliphatic carbocycles. The average molecular weight is 340 g/mol. The second-order valence-electron chi connectivity index (χ2n) is 6.38. The summed E-state index contributed by atoms with van der Waals surface area (Å²) in [7, 11) is 0. The number of carbonyl (C=O) groups excluding carboxylic acids is 2. The van der Waals surface area contributed by atoms with Crippen LogP contribution < -0.4 is 5.32 Å². The predicted molar refractivity (Wildman–Crippen MR) is 94.9 cm³/mol. The van der Waals surface area contributed by atoms with Crippen molar-refractivity contribution in [3.05, 3.63) is 65.5 Å². The van der Waals surface area contributed by atoms with Crippen LogP contribution in [0.5, 0.6) is 0 Å². The van der Waals surface area contributed by atoms with Crippen LogP contribution in [0.15, 0.2) is 48.5 Å². The molecule has 130 valence electrons. The lowest BCUT2D eigenvalue weighted by molar-refractivity contribution is -0.114. The summed E-state index contributed by atoms with van der Waals surface area (Å²) in [6, 6.07) is 13.5. The fourth-order valence-electron chi connectivity index (χ4n) is 3.27. The van der Waals surface area contributed by atoms with Crippen LogP contribution in [-0.2, 0) is 11.2 Å². The molecule has 25 heavy (non-hydrogen) atoms. The molecule has 3 rings (SSSR count). The van der Waals surface area contributed by atoms with E-state index in [0.717, 1.165) is 31.4 Å². The number of rotatable bonds is 4. The van der Waals surface area contributed by atoms with E-state index in [4.69, 9.17) is 0 Å². The minimum absolute atomic E-state index is 0.000938. The van der Waals surface area contributed by atoms with Crippen LogP contribution in [0.2, 0.25) is 0 Å². The van der Waals surface area contributed by atoms with Gasteiger partial charge in [0.25, 0.3) is 5.91 Å². The van der Waals surface area contributed by atoms with E-state index in [9.17, 15) is 14.0 Å². The molecule has 0 saturated carbocycles. The summed E-state index contributed by atoms with van der Waals surface area (Å²) in [6.07, 6.45) is 2.66. The first-order valence-corrected chi connectivity index (χ1v) is 8.46. The van der Waals surface area contributed by atoms with Gasteiger partial charge in [-0.2, -0.15) is 0 Å². The van der Waals surface area contributed by atoms with Crippen LogP contribution in [0, 0.1) is 5.82 Å². The highest BCUT2D eigenvalue weighted by Crippen LogP contribution is 2.24. The maximum atomic E-state index is 13.0. The summed E-state index contributed by atoms with van der Waals surface area (Å²) in [5.74, 6) is -0.390. The maximum Gasteiger partial charge on any atom is 0.254 e. The van der Waals surface area contributed by atoms with E-state index < -0.39 is 0 Å². The van der Waals surface area contributed by atoms with Gasteiger partial charge in [0.05, 0.1) is 0 Å². The second kappa shape index (κ2) is 7.47. The smallest absolute Gasteiger partial charge is 0.254 e. The molecule has 1 heterocycles. The molecule has 2 aromatic rings. The Morgan fingerprint density at radius 2 is 1.80 bits per heavy atom. The van der Waals surface area contributed by atoms with Gasteiger partial charge >= 0.3 is 0 Å². The SMILES string of the molecule is CC(=O)Nc1ccc(C(=O)N2CCCC2Cc2ccc(F)cc2)cc1. The number of hydrogen-bond donors (Lipinski definition) is 1. The van der Waals surface area contributed by atoms with Crippen LogP contribution in [0.4, 0.5) is 10.1 Å². The Kier molecular flexibility index (Phi) is 5.12. The third kappa shape index (κ3) is 4.24. The minimum atomic E-state index is -0.248. The third-order valence-corrected chi connectivity index (χ3v) is 4.47. The van der Waals surface area contributed by atoms with E-state index in [1.807, 2.05) is 4.90 Å². The van der Waals surface area contributed by atoms with Crippen molar-refractivity contribution in [2.45, 2.75) is 32.2 Å². The molecule has 1 fully saturated rings. The van der Waals surface area contributed by atoms with E-state index in [0.29, 0.717) is 11.3 Å². The van der Waals surface area contributed by atoms with Crippen molar-refractivity contribution in [1.29, 1.82) is 0 Å². The van der Waals surface area contributed by atoms with Gasteiger partial charge in [-0.3, -0.25) is 9.59 Å². The van der Waals surface area contributed by atoms with E-state index >= 15 is 0 Å². The molecule has 1 aliphatic rings. The van der Waals surface area contributed by atoms with E-state index in [2.05, 4.69) is 5.32 Å². The Bertz CT molecular complexity index is 756. The van der Waals surface area contributed by atoms with Crippen molar-refractivity contribution in [3.8, 4) is 0 Å². The molecular formula is C20H21FN2O2. The normalized spacial score (nSPS) is 16.7. The Morgan fingerprint density at radius 3 is 2.44 bits per heavy atom. The highest BCUT2D eigenvalue weighted by Gasteiger charge is 2.29. The van der Waals surface area contributed by atoms with Crippen molar-refractivity contribution in [3.63, 3.8) is 0 Å². The number of nitrogens with zero attached hydrogens (tertiary/aromatic N) is 1. The number of amides is 2. The Hall–Kier alpha value is -2.69. The van der Waals surface area contributed by atoms with Crippen molar-refractivity contribution in [2.75, 3.05) is 11.9 Å². The molecule has 5 heteroatoms. The van der Waals surface area contributed by atoms with Gasteiger partial charge in [-0.15, -0.1) is 0 Å². The molecule has 4 nitrogen and oxygen atoms in total. The Morgan fingerprint density at radius 1 is 1.12 bits per heavy atom. The molecule has 1 saturated heterocycles. The molecule has 2 amide bonds. The average Bonchev–Trinajstić information content (AvgIpc) is 3.04. The van der Waals surface area contributed by atoms with Crippen LogP contribution in [0.3, 0.4) is 0 Å². The standard InChI is InChI=1S/C20H21FN2O2/c1-14(24)22-18-10-6-16(7-11-18)20(25)23-12-2-3-19(23)13-15-4-8-17(21)9-5-15/h4-11,19H,2-3,12-13H2,1H3,(H,22,24). The summed E-state index contributed by atoms with van der Waals surface area (Å²) in [4.78, 5) is 25.8. The molecule has 1 unspecified atom stereocenters. The molecule has 1 N–H and O–H groups in total. The Balaban J connectivity index is 1.69. The first-order chi connectivity index (χ1) is 12.0.